The van der Waals surface area contributed by atoms with Gasteiger partial charge in [0, 0.05) is 22.8 Å². The number of ether oxygens (including phenoxy) is 1. The molecular formula is C19H23NO2S. The van der Waals surface area contributed by atoms with Crippen molar-refractivity contribution in [3.8, 4) is 5.75 Å². The summed E-state index contributed by atoms with van der Waals surface area (Å²) in [6.45, 7) is 1.73. The van der Waals surface area contributed by atoms with Crippen LogP contribution in [0, 0.1) is 0 Å². The summed E-state index contributed by atoms with van der Waals surface area (Å²) in [5.41, 5.74) is 2.20. The normalized spacial score (nSPS) is 16.6. The molecule has 0 spiro atoms. The van der Waals surface area contributed by atoms with Crippen LogP contribution in [0.2, 0.25) is 0 Å². The van der Waals surface area contributed by atoms with Crippen LogP contribution in [0.4, 0.5) is 0 Å². The highest BCUT2D eigenvalue weighted by molar-refractivity contribution is 7.99. The minimum absolute atomic E-state index is 0.455. The maximum atomic E-state index is 10.5. The smallest absolute Gasteiger partial charge is 0.120 e. The van der Waals surface area contributed by atoms with Gasteiger partial charge in [0.15, 0.2) is 0 Å². The van der Waals surface area contributed by atoms with Gasteiger partial charge in [0.05, 0.1) is 12.7 Å². The van der Waals surface area contributed by atoms with E-state index in [2.05, 4.69) is 37.2 Å². The topological polar surface area (TPSA) is 32.7 Å². The van der Waals surface area contributed by atoms with Gasteiger partial charge in [-0.3, -0.25) is 0 Å². The van der Waals surface area contributed by atoms with Gasteiger partial charge in [0.2, 0.25) is 0 Å². The van der Waals surface area contributed by atoms with Crippen molar-refractivity contribution in [2.45, 2.75) is 28.7 Å². The fourth-order valence-corrected chi connectivity index (χ4v) is 3.91. The molecule has 0 amide bonds. The Bertz CT molecular complexity index is 672. The lowest BCUT2D eigenvalue weighted by molar-refractivity contribution is 0.175. The number of fused-ring (bicyclic) bond motifs is 2. The largest absolute Gasteiger partial charge is 0.494 e. The number of nitrogens with zero attached hydrogens (tertiary/aromatic N) is 1. The fourth-order valence-electron chi connectivity index (χ4n) is 2.75. The van der Waals surface area contributed by atoms with E-state index in [0.29, 0.717) is 13.0 Å². The minimum atomic E-state index is -0.455. The SMILES string of the molecule is CN(C)CCCOc1ccc2c(c1)Sc1ccccc1C[C@@H]2O. The standard InChI is InChI=1S/C19H23NO2S/c1-20(2)10-5-11-22-15-8-9-16-17(21)12-14-6-3-4-7-18(14)23-19(16)13-15/h3-4,6-9,13,17,21H,5,10-12H2,1-2H3/t17-/m0/s1. The molecular weight excluding hydrogens is 306 g/mol. The maximum absolute atomic E-state index is 10.5. The van der Waals surface area contributed by atoms with Gasteiger partial charge in [-0.1, -0.05) is 36.0 Å². The van der Waals surface area contributed by atoms with Crippen LogP contribution in [0.25, 0.3) is 0 Å². The number of benzene rings is 2. The Morgan fingerprint density at radius 3 is 2.83 bits per heavy atom. The first kappa shape index (κ1) is 16.4. The molecule has 1 atom stereocenters. The van der Waals surface area contributed by atoms with Gasteiger partial charge >= 0.3 is 0 Å². The van der Waals surface area contributed by atoms with Crippen LogP contribution in [-0.4, -0.2) is 37.3 Å². The molecule has 0 aromatic heterocycles. The molecule has 0 saturated carbocycles. The molecule has 1 N–H and O–H groups in total. The van der Waals surface area contributed by atoms with E-state index in [9.17, 15) is 5.11 Å². The summed E-state index contributed by atoms with van der Waals surface area (Å²) in [4.78, 5) is 4.46. The second kappa shape index (κ2) is 7.39. The first-order valence-electron chi connectivity index (χ1n) is 7.99. The zero-order valence-electron chi connectivity index (χ0n) is 13.7. The molecule has 23 heavy (non-hydrogen) atoms. The molecule has 1 heterocycles. The van der Waals surface area contributed by atoms with Gasteiger partial charge in [-0.25, -0.2) is 0 Å². The zero-order chi connectivity index (χ0) is 16.2. The predicted molar refractivity (Wildman–Crippen MR) is 94.3 cm³/mol. The number of aliphatic hydroxyl groups is 1. The molecule has 2 aromatic carbocycles. The lowest BCUT2D eigenvalue weighted by Crippen LogP contribution is -2.15. The van der Waals surface area contributed by atoms with Crippen molar-refractivity contribution in [2.75, 3.05) is 27.2 Å². The summed E-state index contributed by atoms with van der Waals surface area (Å²) in [7, 11) is 4.13. The van der Waals surface area contributed by atoms with Gasteiger partial charge in [-0.2, -0.15) is 0 Å². The third kappa shape index (κ3) is 4.08. The van der Waals surface area contributed by atoms with E-state index in [1.165, 1.54) is 10.5 Å². The average Bonchev–Trinajstić information content (AvgIpc) is 2.67. The second-order valence-corrected chi connectivity index (χ2v) is 7.22. The molecule has 0 bridgehead atoms. The molecule has 3 rings (SSSR count). The third-order valence-corrected chi connectivity index (χ3v) is 5.16. The van der Waals surface area contributed by atoms with Crippen LogP contribution in [0.5, 0.6) is 5.75 Å². The van der Waals surface area contributed by atoms with Crippen LogP contribution >= 0.6 is 11.8 Å². The molecule has 122 valence electrons. The molecule has 2 aromatic rings. The van der Waals surface area contributed by atoms with E-state index in [-0.39, 0.29) is 0 Å². The summed E-state index contributed by atoms with van der Waals surface area (Å²) in [6.07, 6.45) is 1.21. The number of rotatable bonds is 5. The van der Waals surface area contributed by atoms with Crippen LogP contribution in [0.3, 0.4) is 0 Å². The summed E-state index contributed by atoms with van der Waals surface area (Å²) in [6, 6.07) is 14.3. The average molecular weight is 329 g/mol. The van der Waals surface area contributed by atoms with E-state index in [4.69, 9.17) is 4.74 Å². The first-order valence-corrected chi connectivity index (χ1v) is 8.80. The van der Waals surface area contributed by atoms with Crippen LogP contribution in [0.1, 0.15) is 23.7 Å². The zero-order valence-corrected chi connectivity index (χ0v) is 14.5. The molecule has 4 heteroatoms. The van der Waals surface area contributed by atoms with Crippen molar-refractivity contribution in [1.29, 1.82) is 0 Å². The maximum Gasteiger partial charge on any atom is 0.120 e. The summed E-state index contributed by atoms with van der Waals surface area (Å²) in [5, 5.41) is 10.5. The Hall–Kier alpha value is -1.49. The van der Waals surface area contributed by atoms with Crippen molar-refractivity contribution >= 4 is 11.8 Å². The van der Waals surface area contributed by atoms with E-state index in [0.717, 1.165) is 29.2 Å². The highest BCUT2D eigenvalue weighted by Crippen LogP contribution is 2.42. The van der Waals surface area contributed by atoms with Crippen LogP contribution < -0.4 is 4.74 Å². The van der Waals surface area contributed by atoms with E-state index in [1.54, 1.807) is 11.8 Å². The third-order valence-electron chi connectivity index (χ3n) is 3.97. The van der Waals surface area contributed by atoms with Gasteiger partial charge < -0.3 is 14.7 Å². The molecule has 0 unspecified atom stereocenters. The molecule has 1 aliphatic rings. The quantitative estimate of drug-likeness (QED) is 0.847. The van der Waals surface area contributed by atoms with Crippen molar-refractivity contribution in [2.24, 2.45) is 0 Å². The lowest BCUT2D eigenvalue weighted by atomic mass is 10.0. The Balaban J connectivity index is 1.76. The number of hydrogen-bond donors (Lipinski definition) is 1. The highest BCUT2D eigenvalue weighted by Gasteiger charge is 2.21. The van der Waals surface area contributed by atoms with Crippen molar-refractivity contribution in [3.05, 3.63) is 53.6 Å². The fraction of sp³-hybridized carbons (Fsp3) is 0.368. The Kier molecular flexibility index (Phi) is 5.26. The number of hydrogen-bond acceptors (Lipinski definition) is 4. The molecule has 0 aliphatic carbocycles. The van der Waals surface area contributed by atoms with Crippen LogP contribution in [-0.2, 0) is 6.42 Å². The van der Waals surface area contributed by atoms with Gasteiger partial charge in [0.25, 0.3) is 0 Å². The van der Waals surface area contributed by atoms with E-state index in [1.807, 2.05) is 24.3 Å². The summed E-state index contributed by atoms with van der Waals surface area (Å²) >= 11 is 1.72. The molecule has 1 aliphatic heterocycles. The Labute approximate surface area is 142 Å². The van der Waals surface area contributed by atoms with E-state index >= 15 is 0 Å². The first-order chi connectivity index (χ1) is 11.1. The predicted octanol–water partition coefficient (Wildman–Crippen LogP) is 3.76. The van der Waals surface area contributed by atoms with Crippen LogP contribution in [0.15, 0.2) is 52.3 Å². The molecule has 0 fully saturated rings. The molecule has 0 saturated heterocycles. The molecule has 3 nitrogen and oxygen atoms in total. The monoisotopic (exact) mass is 329 g/mol. The van der Waals surface area contributed by atoms with E-state index < -0.39 is 6.10 Å². The summed E-state index contributed by atoms with van der Waals surface area (Å²) in [5.74, 6) is 0.876. The lowest BCUT2D eigenvalue weighted by Gasteiger charge is -2.14. The van der Waals surface area contributed by atoms with Gasteiger partial charge in [0.1, 0.15) is 5.75 Å². The minimum Gasteiger partial charge on any atom is -0.494 e. The van der Waals surface area contributed by atoms with Crippen molar-refractivity contribution in [1.82, 2.24) is 4.90 Å². The van der Waals surface area contributed by atoms with Gasteiger partial charge in [-0.05, 0) is 49.8 Å². The number of aliphatic hydroxyl groups excluding tert-OH is 1. The Morgan fingerprint density at radius 2 is 2.00 bits per heavy atom. The second-order valence-electron chi connectivity index (χ2n) is 6.13. The van der Waals surface area contributed by atoms with Crippen molar-refractivity contribution < 1.29 is 9.84 Å². The van der Waals surface area contributed by atoms with Gasteiger partial charge in [-0.15, -0.1) is 0 Å². The highest BCUT2D eigenvalue weighted by atomic mass is 32.2. The Morgan fingerprint density at radius 1 is 1.17 bits per heavy atom. The van der Waals surface area contributed by atoms with Crippen molar-refractivity contribution in [3.63, 3.8) is 0 Å². The molecule has 0 radical (unpaired) electrons. The summed E-state index contributed by atoms with van der Waals surface area (Å²) < 4.78 is 5.86.